The second kappa shape index (κ2) is 9.54. The molecule has 0 aromatic heterocycles. The molecule has 1 fully saturated rings. The van der Waals surface area contributed by atoms with Crippen LogP contribution in [-0.2, 0) is 28.6 Å². The van der Waals surface area contributed by atoms with Crippen molar-refractivity contribution in [2.75, 3.05) is 11.5 Å². The first-order valence-corrected chi connectivity index (χ1v) is 9.54. The molecule has 0 radical (unpaired) electrons. The zero-order valence-electron chi connectivity index (χ0n) is 14.1. The highest BCUT2D eigenvalue weighted by atomic mass is 32.2. The van der Waals surface area contributed by atoms with E-state index in [1.165, 1.54) is 20.8 Å². The summed E-state index contributed by atoms with van der Waals surface area (Å²) in [5, 5.41) is -0.0440. The van der Waals surface area contributed by atoms with Crippen molar-refractivity contribution < 1.29 is 28.6 Å². The van der Waals surface area contributed by atoms with Crippen LogP contribution in [0.4, 0.5) is 0 Å². The fraction of sp³-hybridized carbons (Fsp3) is 0.800. The van der Waals surface area contributed by atoms with Gasteiger partial charge < -0.3 is 14.2 Å². The van der Waals surface area contributed by atoms with Gasteiger partial charge in [-0.2, -0.15) is 0 Å². The minimum absolute atomic E-state index is 0.0440. The van der Waals surface area contributed by atoms with Crippen LogP contribution in [0.3, 0.4) is 0 Å². The Labute approximate surface area is 145 Å². The summed E-state index contributed by atoms with van der Waals surface area (Å²) in [6.45, 7) is 8.02. The molecule has 5 atom stereocenters. The summed E-state index contributed by atoms with van der Waals surface area (Å²) < 4.78 is 16.8. The number of hydrogen-bond acceptors (Lipinski definition) is 8. The van der Waals surface area contributed by atoms with Crippen molar-refractivity contribution in [3.05, 3.63) is 0 Å². The van der Waals surface area contributed by atoms with Crippen LogP contribution in [0.15, 0.2) is 0 Å². The van der Waals surface area contributed by atoms with Gasteiger partial charge in [-0.25, -0.2) is 0 Å². The van der Waals surface area contributed by atoms with Gasteiger partial charge in [0.2, 0.25) is 0 Å². The van der Waals surface area contributed by atoms with Gasteiger partial charge in [0.25, 0.3) is 0 Å². The Bertz CT molecular complexity index is 442. The Morgan fingerprint density at radius 1 is 1.04 bits per heavy atom. The number of carbonyl (C=O) groups is 3. The van der Waals surface area contributed by atoms with E-state index in [0.717, 1.165) is 17.5 Å². The predicted molar refractivity (Wildman–Crippen MR) is 90.2 cm³/mol. The molecule has 0 N–H and O–H groups in total. The maximum atomic E-state index is 11.5. The van der Waals surface area contributed by atoms with Crippen molar-refractivity contribution in [1.29, 1.82) is 0 Å². The van der Waals surface area contributed by atoms with Crippen LogP contribution in [0.5, 0.6) is 0 Å². The molecule has 1 aliphatic rings. The maximum absolute atomic E-state index is 11.5. The molecule has 0 spiro atoms. The third-order valence-corrected chi connectivity index (χ3v) is 5.44. The molecular formula is C15H24O6S2. The second-order valence-electron chi connectivity index (χ2n) is 5.31. The highest BCUT2D eigenvalue weighted by molar-refractivity contribution is 8.13. The highest BCUT2D eigenvalue weighted by Crippen LogP contribution is 2.36. The van der Waals surface area contributed by atoms with E-state index in [0.29, 0.717) is 5.75 Å². The van der Waals surface area contributed by atoms with E-state index in [2.05, 4.69) is 0 Å². The zero-order valence-corrected chi connectivity index (χ0v) is 15.7. The fourth-order valence-electron chi connectivity index (χ4n) is 2.43. The predicted octanol–water partition coefficient (Wildman–Crippen LogP) is 2.24. The summed E-state index contributed by atoms with van der Waals surface area (Å²) >= 11 is 2.71. The molecule has 6 nitrogen and oxygen atoms in total. The first-order valence-electron chi connectivity index (χ1n) is 7.51. The van der Waals surface area contributed by atoms with Gasteiger partial charge in [-0.3, -0.25) is 14.4 Å². The van der Waals surface area contributed by atoms with E-state index in [1.54, 1.807) is 11.8 Å². The van der Waals surface area contributed by atoms with Crippen molar-refractivity contribution in [3.8, 4) is 0 Å². The van der Waals surface area contributed by atoms with Gasteiger partial charge >= 0.3 is 11.9 Å². The number of carbonyl (C=O) groups excluding carboxylic acids is 3. The zero-order chi connectivity index (χ0) is 17.6. The summed E-state index contributed by atoms with van der Waals surface area (Å²) in [5.74, 6) is 0.152. The first kappa shape index (κ1) is 20.3. The van der Waals surface area contributed by atoms with E-state index in [-0.39, 0.29) is 16.5 Å². The molecule has 1 saturated heterocycles. The highest BCUT2D eigenvalue weighted by Gasteiger charge is 2.47. The average molecular weight is 364 g/mol. The quantitative estimate of drug-likeness (QED) is 0.664. The SMILES string of the molecule is CCSC1OC(CSC(C)=O)[C@@H](OC(C)=O)[C@H](OC(C)=O)[C@@H]1C. The summed E-state index contributed by atoms with van der Waals surface area (Å²) in [4.78, 5) is 34.2. The van der Waals surface area contributed by atoms with E-state index < -0.39 is 30.3 Å². The van der Waals surface area contributed by atoms with E-state index in [9.17, 15) is 14.4 Å². The van der Waals surface area contributed by atoms with Gasteiger partial charge in [-0.1, -0.05) is 25.6 Å². The Kier molecular flexibility index (Phi) is 8.42. The lowest BCUT2D eigenvalue weighted by Crippen LogP contribution is -2.56. The second-order valence-corrected chi connectivity index (χ2v) is 7.88. The molecule has 0 saturated carbocycles. The lowest BCUT2D eigenvalue weighted by molar-refractivity contribution is -0.206. The third kappa shape index (κ3) is 6.35. The monoisotopic (exact) mass is 364 g/mol. The Morgan fingerprint density at radius 2 is 1.61 bits per heavy atom. The summed E-state index contributed by atoms with van der Waals surface area (Å²) in [6.07, 6.45) is -1.81. The molecular weight excluding hydrogens is 340 g/mol. The Balaban J connectivity index is 3.02. The number of rotatable bonds is 6. The van der Waals surface area contributed by atoms with Crippen LogP contribution in [0.1, 0.15) is 34.6 Å². The number of esters is 2. The Hall–Kier alpha value is -0.730. The van der Waals surface area contributed by atoms with Crippen LogP contribution in [0.2, 0.25) is 0 Å². The molecule has 8 heteroatoms. The van der Waals surface area contributed by atoms with E-state index in [1.807, 2.05) is 13.8 Å². The van der Waals surface area contributed by atoms with Crippen molar-refractivity contribution in [2.24, 2.45) is 5.92 Å². The van der Waals surface area contributed by atoms with Crippen LogP contribution in [0.25, 0.3) is 0 Å². The average Bonchev–Trinajstić information content (AvgIpc) is 2.43. The number of thioether (sulfide) groups is 2. The molecule has 1 rings (SSSR count). The maximum Gasteiger partial charge on any atom is 0.303 e. The largest absolute Gasteiger partial charge is 0.458 e. The lowest BCUT2D eigenvalue weighted by Gasteiger charge is -2.44. The summed E-state index contributed by atoms with van der Waals surface area (Å²) in [6, 6.07) is 0. The van der Waals surface area contributed by atoms with Gasteiger partial charge in [-0.15, -0.1) is 11.8 Å². The van der Waals surface area contributed by atoms with E-state index >= 15 is 0 Å². The molecule has 0 amide bonds. The van der Waals surface area contributed by atoms with Gasteiger partial charge in [0.05, 0.1) is 0 Å². The molecule has 0 aromatic rings. The molecule has 132 valence electrons. The van der Waals surface area contributed by atoms with Gasteiger partial charge in [-0.05, 0) is 5.75 Å². The molecule has 1 heterocycles. The van der Waals surface area contributed by atoms with Crippen LogP contribution in [-0.4, -0.2) is 52.3 Å². The summed E-state index contributed by atoms with van der Waals surface area (Å²) in [5.41, 5.74) is -0.186. The third-order valence-electron chi connectivity index (χ3n) is 3.33. The molecule has 1 aliphatic heterocycles. The van der Waals surface area contributed by atoms with Crippen LogP contribution in [0, 0.1) is 5.92 Å². The molecule has 2 unspecified atom stereocenters. The van der Waals surface area contributed by atoms with E-state index in [4.69, 9.17) is 14.2 Å². The first-order chi connectivity index (χ1) is 10.8. The van der Waals surface area contributed by atoms with Gasteiger partial charge in [0.1, 0.15) is 17.6 Å². The van der Waals surface area contributed by atoms with Crippen molar-refractivity contribution >= 4 is 40.6 Å². The number of ether oxygens (including phenoxy) is 3. The summed E-state index contributed by atoms with van der Waals surface area (Å²) in [7, 11) is 0. The minimum Gasteiger partial charge on any atom is -0.458 e. The van der Waals surface area contributed by atoms with Crippen LogP contribution < -0.4 is 0 Å². The minimum atomic E-state index is -0.716. The topological polar surface area (TPSA) is 78.9 Å². The standard InChI is InChI=1S/C15H24O6S2/c1-6-22-15-8(2)13(19-9(3)16)14(20-10(4)17)12(21-15)7-23-11(5)18/h8,12-15H,6-7H2,1-5H3/t8-,12?,13+,14+,15?/m0/s1. The van der Waals surface area contributed by atoms with Gasteiger partial charge in [0, 0.05) is 32.4 Å². The molecule has 0 aromatic carbocycles. The molecule has 23 heavy (non-hydrogen) atoms. The van der Waals surface area contributed by atoms with Crippen LogP contribution >= 0.6 is 23.5 Å². The van der Waals surface area contributed by atoms with Gasteiger partial charge in [0.15, 0.2) is 11.2 Å². The number of hydrogen-bond donors (Lipinski definition) is 0. The Morgan fingerprint density at radius 3 is 2.09 bits per heavy atom. The van der Waals surface area contributed by atoms with Crippen molar-refractivity contribution in [3.63, 3.8) is 0 Å². The normalized spacial score (nSPS) is 30.6. The smallest absolute Gasteiger partial charge is 0.303 e. The van der Waals surface area contributed by atoms with Crippen molar-refractivity contribution in [2.45, 2.75) is 58.4 Å². The lowest BCUT2D eigenvalue weighted by atomic mass is 9.93. The van der Waals surface area contributed by atoms with Crippen molar-refractivity contribution in [1.82, 2.24) is 0 Å². The molecule has 0 aliphatic carbocycles. The fourth-order valence-corrected chi connectivity index (χ4v) is 4.10. The molecule has 0 bridgehead atoms.